The molecule has 2 saturated heterocycles. The number of hydrogen-bond donors (Lipinski definition) is 2. The maximum atomic E-state index is 12.8. The number of nitrogens with zero attached hydrogens (tertiary/aromatic N) is 1. The minimum absolute atomic E-state index is 0.127. The number of carbonyl (C=O) groups excluding carboxylic acids is 1. The number of carbonyl (C=O) groups is 1. The molecule has 2 bridgehead atoms. The molecule has 126 valence electrons. The molecule has 2 aliphatic heterocycles. The van der Waals surface area contributed by atoms with Crippen molar-refractivity contribution in [2.75, 3.05) is 20.3 Å². The molecule has 23 heavy (non-hydrogen) atoms. The van der Waals surface area contributed by atoms with Gasteiger partial charge in [0.15, 0.2) is 0 Å². The molecule has 1 aromatic rings. The van der Waals surface area contributed by atoms with Gasteiger partial charge in [-0.15, -0.1) is 0 Å². The van der Waals surface area contributed by atoms with E-state index in [0.717, 1.165) is 25.7 Å². The van der Waals surface area contributed by atoms with Crippen LogP contribution in [0.25, 0.3) is 0 Å². The number of rotatable bonds is 5. The van der Waals surface area contributed by atoms with Crippen LogP contribution in [0.5, 0.6) is 0 Å². The molecule has 0 spiro atoms. The molecular formula is C18H25NO4. The van der Waals surface area contributed by atoms with Gasteiger partial charge in [-0.05, 0) is 38.3 Å². The van der Waals surface area contributed by atoms with Gasteiger partial charge in [0.2, 0.25) is 0 Å². The molecule has 5 nitrogen and oxygen atoms in total. The predicted molar refractivity (Wildman–Crippen MR) is 86.0 cm³/mol. The fourth-order valence-corrected chi connectivity index (χ4v) is 3.96. The fourth-order valence-electron chi connectivity index (χ4n) is 3.96. The van der Waals surface area contributed by atoms with Crippen LogP contribution >= 0.6 is 0 Å². The lowest BCUT2D eigenvalue weighted by Crippen LogP contribution is -2.49. The first kappa shape index (κ1) is 16.4. The maximum Gasteiger partial charge on any atom is 0.321 e. The van der Waals surface area contributed by atoms with Gasteiger partial charge < -0.3 is 19.8 Å². The standard InChI is InChI=1S/C18H25NO4/c1-19-14-7-8-15(19)10-16(9-14)23-17(22)18(11-20,12-21)13-5-3-2-4-6-13/h2-6,14-16,20-21H,7-12H2,1H3/t14-,15-/m0/s1. The lowest BCUT2D eigenvalue weighted by Gasteiger charge is -2.37. The van der Waals surface area contributed by atoms with Crippen molar-refractivity contribution < 1.29 is 19.7 Å². The molecule has 5 heteroatoms. The first-order valence-electron chi connectivity index (χ1n) is 8.31. The average Bonchev–Trinajstić information content (AvgIpc) is 2.79. The van der Waals surface area contributed by atoms with Crippen molar-refractivity contribution in [1.29, 1.82) is 0 Å². The minimum Gasteiger partial charge on any atom is -0.461 e. The molecule has 0 aromatic heterocycles. The first-order valence-corrected chi connectivity index (χ1v) is 8.31. The van der Waals surface area contributed by atoms with Crippen molar-refractivity contribution in [3.63, 3.8) is 0 Å². The van der Waals surface area contributed by atoms with E-state index in [0.29, 0.717) is 17.6 Å². The van der Waals surface area contributed by atoms with Gasteiger partial charge in [-0.1, -0.05) is 30.3 Å². The summed E-state index contributed by atoms with van der Waals surface area (Å²) in [6, 6.07) is 9.85. The summed E-state index contributed by atoms with van der Waals surface area (Å²) in [6.45, 7) is -0.933. The van der Waals surface area contributed by atoms with Crippen LogP contribution in [0.3, 0.4) is 0 Å². The Bertz CT molecular complexity index is 529. The number of piperidine rings is 1. The summed E-state index contributed by atoms with van der Waals surface area (Å²) in [5.74, 6) is -0.525. The van der Waals surface area contributed by atoms with E-state index in [-0.39, 0.29) is 6.10 Å². The van der Waals surface area contributed by atoms with Gasteiger partial charge in [-0.3, -0.25) is 4.79 Å². The van der Waals surface area contributed by atoms with Gasteiger partial charge in [0, 0.05) is 12.1 Å². The molecule has 0 unspecified atom stereocenters. The second-order valence-corrected chi connectivity index (χ2v) is 6.81. The van der Waals surface area contributed by atoms with Gasteiger partial charge in [0.25, 0.3) is 0 Å². The number of aliphatic hydroxyl groups is 2. The Hall–Kier alpha value is -1.43. The van der Waals surface area contributed by atoms with E-state index in [2.05, 4.69) is 11.9 Å². The van der Waals surface area contributed by atoms with Gasteiger partial charge in [-0.2, -0.15) is 0 Å². The van der Waals surface area contributed by atoms with Crippen molar-refractivity contribution in [3.05, 3.63) is 35.9 Å². The molecule has 2 aliphatic rings. The molecular weight excluding hydrogens is 294 g/mol. The lowest BCUT2D eigenvalue weighted by atomic mass is 9.82. The summed E-state index contributed by atoms with van der Waals surface area (Å²) in [6.07, 6.45) is 3.84. The number of benzene rings is 1. The van der Waals surface area contributed by atoms with Crippen LogP contribution in [-0.4, -0.2) is 59.5 Å². The van der Waals surface area contributed by atoms with Gasteiger partial charge in [0.1, 0.15) is 11.5 Å². The van der Waals surface area contributed by atoms with Gasteiger partial charge in [-0.25, -0.2) is 0 Å². The topological polar surface area (TPSA) is 70.0 Å². The summed E-state index contributed by atoms with van der Waals surface area (Å²) in [4.78, 5) is 15.1. The largest absolute Gasteiger partial charge is 0.461 e. The molecule has 3 rings (SSSR count). The quantitative estimate of drug-likeness (QED) is 0.795. The third kappa shape index (κ3) is 2.89. The Kier molecular flexibility index (Phi) is 4.71. The molecule has 2 heterocycles. The Morgan fingerprint density at radius 2 is 1.74 bits per heavy atom. The second kappa shape index (κ2) is 6.59. The van der Waals surface area contributed by atoms with E-state index < -0.39 is 24.6 Å². The number of esters is 1. The smallest absolute Gasteiger partial charge is 0.321 e. The highest BCUT2D eigenvalue weighted by molar-refractivity contribution is 5.83. The van der Waals surface area contributed by atoms with Crippen LogP contribution in [0.4, 0.5) is 0 Å². The zero-order chi connectivity index (χ0) is 16.4. The highest BCUT2D eigenvalue weighted by atomic mass is 16.5. The molecule has 0 amide bonds. The number of ether oxygens (including phenoxy) is 1. The van der Waals surface area contributed by atoms with Crippen LogP contribution in [0, 0.1) is 0 Å². The Labute approximate surface area is 136 Å². The number of aliphatic hydroxyl groups excluding tert-OH is 2. The van der Waals surface area contributed by atoms with Crippen molar-refractivity contribution in [2.45, 2.75) is 49.3 Å². The molecule has 0 saturated carbocycles. The summed E-state index contributed by atoms with van der Waals surface area (Å²) in [7, 11) is 2.14. The van der Waals surface area contributed by atoms with E-state index in [4.69, 9.17) is 4.74 Å². The summed E-state index contributed by atoms with van der Waals surface area (Å²) in [5, 5.41) is 19.6. The summed E-state index contributed by atoms with van der Waals surface area (Å²) >= 11 is 0. The average molecular weight is 319 g/mol. The number of hydrogen-bond acceptors (Lipinski definition) is 5. The van der Waals surface area contributed by atoms with Crippen LogP contribution in [-0.2, 0) is 14.9 Å². The van der Waals surface area contributed by atoms with E-state index in [1.165, 1.54) is 0 Å². The Morgan fingerprint density at radius 3 is 2.26 bits per heavy atom. The maximum absolute atomic E-state index is 12.8. The molecule has 0 aliphatic carbocycles. The van der Waals surface area contributed by atoms with E-state index in [1.807, 2.05) is 6.07 Å². The van der Waals surface area contributed by atoms with Crippen molar-refractivity contribution in [1.82, 2.24) is 4.90 Å². The summed E-state index contributed by atoms with van der Waals surface area (Å²) < 4.78 is 5.74. The Morgan fingerprint density at radius 1 is 1.17 bits per heavy atom. The van der Waals surface area contributed by atoms with Crippen LogP contribution in [0.2, 0.25) is 0 Å². The van der Waals surface area contributed by atoms with Crippen LogP contribution in [0.15, 0.2) is 30.3 Å². The SMILES string of the molecule is CN1[C@H]2CC[C@H]1CC(OC(=O)C(CO)(CO)c1ccccc1)C2. The van der Waals surface area contributed by atoms with Crippen molar-refractivity contribution in [2.24, 2.45) is 0 Å². The molecule has 2 fully saturated rings. The highest BCUT2D eigenvalue weighted by Gasteiger charge is 2.45. The fraction of sp³-hybridized carbons (Fsp3) is 0.611. The Balaban J connectivity index is 1.75. The summed E-state index contributed by atoms with van der Waals surface area (Å²) in [5.41, 5.74) is -0.796. The predicted octanol–water partition coefficient (Wildman–Crippen LogP) is 1.08. The monoisotopic (exact) mass is 319 g/mol. The van der Waals surface area contributed by atoms with E-state index >= 15 is 0 Å². The van der Waals surface area contributed by atoms with Crippen molar-refractivity contribution in [3.8, 4) is 0 Å². The van der Waals surface area contributed by atoms with Gasteiger partial charge >= 0.3 is 5.97 Å². The molecule has 1 aromatic carbocycles. The first-order chi connectivity index (χ1) is 11.1. The number of fused-ring (bicyclic) bond motifs is 2. The lowest BCUT2D eigenvalue weighted by molar-refractivity contribution is -0.163. The van der Waals surface area contributed by atoms with E-state index in [1.54, 1.807) is 24.3 Å². The highest BCUT2D eigenvalue weighted by Crippen LogP contribution is 2.36. The second-order valence-electron chi connectivity index (χ2n) is 6.81. The third-order valence-corrected chi connectivity index (χ3v) is 5.59. The molecule has 2 N–H and O–H groups in total. The van der Waals surface area contributed by atoms with Crippen LogP contribution in [0.1, 0.15) is 31.2 Å². The molecule has 2 atom stereocenters. The third-order valence-electron chi connectivity index (χ3n) is 5.59. The molecule has 0 radical (unpaired) electrons. The van der Waals surface area contributed by atoms with Crippen LogP contribution < -0.4 is 0 Å². The zero-order valence-corrected chi connectivity index (χ0v) is 13.5. The van der Waals surface area contributed by atoms with E-state index in [9.17, 15) is 15.0 Å². The normalized spacial score (nSPS) is 27.9. The van der Waals surface area contributed by atoms with Gasteiger partial charge in [0.05, 0.1) is 13.2 Å². The minimum atomic E-state index is -1.39. The van der Waals surface area contributed by atoms with Crippen molar-refractivity contribution >= 4 is 5.97 Å². The zero-order valence-electron chi connectivity index (χ0n) is 13.5.